The summed E-state index contributed by atoms with van der Waals surface area (Å²) in [6.45, 7) is 6.61. The maximum atomic E-state index is 12.6. The molecule has 2 saturated heterocycles. The van der Waals surface area contributed by atoms with E-state index in [9.17, 15) is 4.79 Å². The molecule has 1 unspecified atom stereocenters. The second-order valence-corrected chi connectivity index (χ2v) is 8.29. The van der Waals surface area contributed by atoms with Crippen molar-refractivity contribution in [2.24, 2.45) is 5.92 Å². The number of nitrogens with zero attached hydrogens (tertiary/aromatic N) is 2. The lowest BCUT2D eigenvalue weighted by Crippen LogP contribution is -2.46. The molecule has 1 aromatic carbocycles. The van der Waals surface area contributed by atoms with Crippen molar-refractivity contribution < 1.29 is 4.79 Å². The van der Waals surface area contributed by atoms with Crippen LogP contribution in [0.1, 0.15) is 56.1 Å². The van der Waals surface area contributed by atoms with E-state index in [-0.39, 0.29) is 5.54 Å². The van der Waals surface area contributed by atoms with Crippen molar-refractivity contribution in [1.29, 1.82) is 0 Å². The Kier molecular flexibility index (Phi) is 4.38. The summed E-state index contributed by atoms with van der Waals surface area (Å²) in [7, 11) is 0. The fraction of sp³-hybridized carbons (Fsp3) is 0.667. The molecule has 4 rings (SSSR count). The van der Waals surface area contributed by atoms with Gasteiger partial charge in [-0.3, -0.25) is 4.79 Å². The van der Waals surface area contributed by atoms with E-state index >= 15 is 0 Å². The Balaban J connectivity index is 1.47. The van der Waals surface area contributed by atoms with Crippen LogP contribution in [0.2, 0.25) is 0 Å². The van der Waals surface area contributed by atoms with E-state index in [1.54, 1.807) is 0 Å². The molecule has 2 aliphatic heterocycles. The van der Waals surface area contributed by atoms with Crippen LogP contribution in [0, 0.1) is 12.8 Å². The van der Waals surface area contributed by atoms with Crippen LogP contribution < -0.4 is 0 Å². The molecular formula is C21H30N2O. The molecule has 1 amide bonds. The molecule has 1 aliphatic carbocycles. The number of benzene rings is 1. The topological polar surface area (TPSA) is 23.6 Å². The van der Waals surface area contributed by atoms with E-state index < -0.39 is 0 Å². The van der Waals surface area contributed by atoms with E-state index in [2.05, 4.69) is 41.0 Å². The van der Waals surface area contributed by atoms with Gasteiger partial charge in [-0.2, -0.15) is 0 Å². The molecule has 0 aromatic heterocycles. The summed E-state index contributed by atoms with van der Waals surface area (Å²) in [4.78, 5) is 17.5. The largest absolute Gasteiger partial charge is 0.333 e. The number of amides is 1. The normalized spacial score (nSPS) is 28.5. The smallest absolute Gasteiger partial charge is 0.223 e. The maximum absolute atomic E-state index is 12.6. The van der Waals surface area contributed by atoms with Crippen LogP contribution in [0.5, 0.6) is 0 Å². The molecule has 1 saturated carbocycles. The van der Waals surface area contributed by atoms with E-state index in [1.807, 2.05) is 0 Å². The summed E-state index contributed by atoms with van der Waals surface area (Å²) >= 11 is 0. The minimum atomic E-state index is 0.125. The molecule has 0 bridgehead atoms. The maximum Gasteiger partial charge on any atom is 0.223 e. The Morgan fingerprint density at radius 1 is 1.08 bits per heavy atom. The fourth-order valence-electron chi connectivity index (χ4n) is 4.61. The summed E-state index contributed by atoms with van der Waals surface area (Å²) in [5, 5.41) is 0. The lowest BCUT2D eigenvalue weighted by molar-refractivity contribution is -0.132. The zero-order valence-electron chi connectivity index (χ0n) is 15.0. The van der Waals surface area contributed by atoms with Crippen LogP contribution in [0.4, 0.5) is 0 Å². The molecule has 2 heterocycles. The molecule has 3 nitrogen and oxygen atoms in total. The van der Waals surface area contributed by atoms with Gasteiger partial charge < -0.3 is 9.80 Å². The van der Waals surface area contributed by atoms with Crippen molar-refractivity contribution in [1.82, 2.24) is 9.80 Å². The third kappa shape index (κ3) is 3.37. The quantitative estimate of drug-likeness (QED) is 0.841. The molecule has 130 valence electrons. The second-order valence-electron chi connectivity index (χ2n) is 8.29. The molecule has 3 heteroatoms. The van der Waals surface area contributed by atoms with Crippen LogP contribution in [-0.4, -0.2) is 40.9 Å². The standard InChI is InChI=1S/C21H30N2O/c1-17-3-5-19(6-4-17)16-23-20(24)9-11-21(23)10-2-13-22(14-12-21)15-18-7-8-18/h3-6,18H,2,7-16H2,1H3. The summed E-state index contributed by atoms with van der Waals surface area (Å²) in [5.41, 5.74) is 2.68. The number of likely N-dealkylation sites (tertiary alicyclic amines) is 2. The highest BCUT2D eigenvalue weighted by molar-refractivity contribution is 5.79. The van der Waals surface area contributed by atoms with Crippen molar-refractivity contribution in [2.75, 3.05) is 19.6 Å². The zero-order chi connectivity index (χ0) is 16.6. The van der Waals surface area contributed by atoms with Crippen molar-refractivity contribution in [3.8, 4) is 0 Å². The number of carbonyl (C=O) groups is 1. The highest BCUT2D eigenvalue weighted by atomic mass is 16.2. The van der Waals surface area contributed by atoms with Gasteiger partial charge in [0.2, 0.25) is 5.91 Å². The van der Waals surface area contributed by atoms with Gasteiger partial charge in [0.15, 0.2) is 0 Å². The fourth-order valence-corrected chi connectivity index (χ4v) is 4.61. The molecular weight excluding hydrogens is 296 g/mol. The van der Waals surface area contributed by atoms with Gasteiger partial charge in [0.1, 0.15) is 0 Å². The minimum absolute atomic E-state index is 0.125. The van der Waals surface area contributed by atoms with Crippen molar-refractivity contribution >= 4 is 5.91 Å². The minimum Gasteiger partial charge on any atom is -0.333 e. The number of aryl methyl sites for hydroxylation is 1. The number of rotatable bonds is 4. The number of hydrogen-bond donors (Lipinski definition) is 0. The van der Waals surface area contributed by atoms with E-state index in [4.69, 9.17) is 0 Å². The summed E-state index contributed by atoms with van der Waals surface area (Å²) < 4.78 is 0. The lowest BCUT2D eigenvalue weighted by Gasteiger charge is -2.38. The van der Waals surface area contributed by atoms with Gasteiger partial charge in [-0.25, -0.2) is 0 Å². The van der Waals surface area contributed by atoms with Crippen LogP contribution in [-0.2, 0) is 11.3 Å². The third-order valence-corrected chi connectivity index (χ3v) is 6.36. The SMILES string of the molecule is Cc1ccc(CN2C(=O)CCC23CCCN(CC2CC2)CC3)cc1. The highest BCUT2D eigenvalue weighted by Gasteiger charge is 2.45. The summed E-state index contributed by atoms with van der Waals surface area (Å²) in [6.07, 6.45) is 8.26. The van der Waals surface area contributed by atoms with Gasteiger partial charge in [-0.1, -0.05) is 29.8 Å². The summed E-state index contributed by atoms with van der Waals surface area (Å²) in [6, 6.07) is 8.69. The van der Waals surface area contributed by atoms with Crippen LogP contribution in [0.25, 0.3) is 0 Å². The van der Waals surface area contributed by atoms with Crippen LogP contribution >= 0.6 is 0 Å². The Bertz CT molecular complexity index is 592. The van der Waals surface area contributed by atoms with Crippen molar-refractivity contribution in [3.63, 3.8) is 0 Å². The van der Waals surface area contributed by atoms with Crippen molar-refractivity contribution in [3.05, 3.63) is 35.4 Å². The zero-order valence-corrected chi connectivity index (χ0v) is 15.0. The number of carbonyl (C=O) groups excluding carboxylic acids is 1. The van der Waals surface area contributed by atoms with Gasteiger partial charge in [0, 0.05) is 31.6 Å². The predicted octanol–water partition coefficient (Wildman–Crippen LogP) is 3.75. The van der Waals surface area contributed by atoms with Gasteiger partial charge >= 0.3 is 0 Å². The Labute approximate surface area is 146 Å². The second kappa shape index (κ2) is 6.51. The average Bonchev–Trinajstić information content (AvgIpc) is 3.37. The molecule has 3 aliphatic rings. The predicted molar refractivity (Wildman–Crippen MR) is 96.7 cm³/mol. The lowest BCUT2D eigenvalue weighted by atomic mass is 9.87. The Morgan fingerprint density at radius 2 is 1.88 bits per heavy atom. The molecule has 3 fully saturated rings. The first-order chi connectivity index (χ1) is 11.6. The van der Waals surface area contributed by atoms with Gasteiger partial charge in [-0.15, -0.1) is 0 Å². The first-order valence-corrected chi connectivity index (χ1v) is 9.73. The molecule has 1 aromatic rings. The molecule has 24 heavy (non-hydrogen) atoms. The monoisotopic (exact) mass is 326 g/mol. The molecule has 0 radical (unpaired) electrons. The molecule has 0 N–H and O–H groups in total. The van der Waals surface area contributed by atoms with Crippen LogP contribution in [0.3, 0.4) is 0 Å². The van der Waals surface area contributed by atoms with Gasteiger partial charge in [0.25, 0.3) is 0 Å². The molecule has 1 spiro atoms. The Hall–Kier alpha value is -1.35. The van der Waals surface area contributed by atoms with E-state index in [1.165, 1.54) is 56.4 Å². The molecule has 1 atom stereocenters. The average molecular weight is 326 g/mol. The van der Waals surface area contributed by atoms with Gasteiger partial charge in [0.05, 0.1) is 0 Å². The summed E-state index contributed by atoms with van der Waals surface area (Å²) in [5.74, 6) is 1.33. The van der Waals surface area contributed by atoms with E-state index in [0.717, 1.165) is 31.7 Å². The first-order valence-electron chi connectivity index (χ1n) is 9.73. The van der Waals surface area contributed by atoms with Gasteiger partial charge in [-0.05, 0) is 63.5 Å². The highest BCUT2D eigenvalue weighted by Crippen LogP contribution is 2.40. The van der Waals surface area contributed by atoms with Crippen LogP contribution in [0.15, 0.2) is 24.3 Å². The Morgan fingerprint density at radius 3 is 2.62 bits per heavy atom. The first kappa shape index (κ1) is 16.1. The third-order valence-electron chi connectivity index (χ3n) is 6.36. The van der Waals surface area contributed by atoms with Crippen molar-refractivity contribution in [2.45, 2.75) is 64.0 Å². The number of hydrogen-bond acceptors (Lipinski definition) is 2. The van der Waals surface area contributed by atoms with E-state index in [0.29, 0.717) is 5.91 Å².